The monoisotopic (exact) mass is 483 g/mol. The zero-order valence-electron chi connectivity index (χ0n) is 20.7. The Bertz CT molecular complexity index is 1060. The lowest BCUT2D eigenvalue weighted by Gasteiger charge is -2.34. The van der Waals surface area contributed by atoms with E-state index in [1.807, 2.05) is 45.0 Å². The fourth-order valence-corrected chi connectivity index (χ4v) is 4.14. The van der Waals surface area contributed by atoms with E-state index in [2.05, 4.69) is 5.32 Å². The van der Waals surface area contributed by atoms with Crippen LogP contribution in [0.3, 0.4) is 0 Å². The van der Waals surface area contributed by atoms with Gasteiger partial charge in [0.15, 0.2) is 0 Å². The van der Waals surface area contributed by atoms with Crippen molar-refractivity contribution in [3.05, 3.63) is 69.3 Å². The number of anilines is 1. The number of nitrogens with one attached hydrogen (secondary N) is 1. The predicted octanol–water partition coefficient (Wildman–Crippen LogP) is 5.50. The third-order valence-corrected chi connectivity index (χ3v) is 5.74. The van der Waals surface area contributed by atoms with Gasteiger partial charge >= 0.3 is 12.1 Å². The molecule has 0 bridgehead atoms. The number of carbonyl (C=O) groups is 2. The first-order valence-electron chi connectivity index (χ1n) is 11.8. The number of rotatable bonds is 7. The number of ether oxygens (including phenoxy) is 2. The lowest BCUT2D eigenvalue weighted by Crippen LogP contribution is -2.42. The maximum absolute atomic E-state index is 12.5. The number of nitro groups is 1. The Hall–Kier alpha value is -3.62. The number of piperidine rings is 1. The number of hydrogen-bond donors (Lipinski definition) is 1. The van der Waals surface area contributed by atoms with E-state index in [0.29, 0.717) is 18.7 Å². The highest BCUT2D eigenvalue weighted by Crippen LogP contribution is 2.30. The van der Waals surface area contributed by atoms with Gasteiger partial charge in [0.05, 0.1) is 11.5 Å². The van der Waals surface area contributed by atoms with Crippen LogP contribution in [0.2, 0.25) is 0 Å². The Kier molecular flexibility index (Phi) is 8.32. The summed E-state index contributed by atoms with van der Waals surface area (Å²) < 4.78 is 10.5. The minimum absolute atomic E-state index is 0.0571. The molecule has 0 saturated carbocycles. The van der Waals surface area contributed by atoms with Crippen LogP contribution < -0.4 is 5.32 Å². The molecule has 188 valence electrons. The van der Waals surface area contributed by atoms with Gasteiger partial charge in [0.25, 0.3) is 5.69 Å². The molecule has 3 rings (SSSR count). The van der Waals surface area contributed by atoms with Gasteiger partial charge in [-0.25, -0.2) is 9.59 Å². The van der Waals surface area contributed by atoms with Crippen LogP contribution >= 0.6 is 0 Å². The summed E-state index contributed by atoms with van der Waals surface area (Å²) in [5, 5.41) is 14.9. The maximum Gasteiger partial charge on any atom is 0.410 e. The molecule has 2 aromatic rings. The van der Waals surface area contributed by atoms with E-state index in [1.54, 1.807) is 24.0 Å². The first-order valence-corrected chi connectivity index (χ1v) is 11.8. The number of amides is 1. The SMILES string of the molecule is CCOC(=O)c1cccc(CNc2ccc([C@@H]3CCCN(C(=O)OC(C)(C)C)C3)cc2)c1[N+](=O)[O-]. The largest absolute Gasteiger partial charge is 0.462 e. The summed E-state index contributed by atoms with van der Waals surface area (Å²) in [5.41, 5.74) is 1.48. The number of hydrogen-bond acceptors (Lipinski definition) is 7. The highest BCUT2D eigenvalue weighted by molar-refractivity contribution is 5.94. The predicted molar refractivity (Wildman–Crippen MR) is 133 cm³/mol. The molecule has 2 aromatic carbocycles. The van der Waals surface area contributed by atoms with Crippen molar-refractivity contribution >= 4 is 23.4 Å². The minimum Gasteiger partial charge on any atom is -0.462 e. The van der Waals surface area contributed by atoms with E-state index in [4.69, 9.17) is 9.47 Å². The first kappa shape index (κ1) is 26.0. The van der Waals surface area contributed by atoms with Gasteiger partial charge in [-0.05, 0) is 64.3 Å². The Morgan fingerprint density at radius 2 is 1.89 bits per heavy atom. The Morgan fingerprint density at radius 3 is 2.51 bits per heavy atom. The van der Waals surface area contributed by atoms with Gasteiger partial charge in [0, 0.05) is 36.8 Å². The molecule has 1 aliphatic rings. The van der Waals surface area contributed by atoms with Gasteiger partial charge in [0.1, 0.15) is 11.2 Å². The lowest BCUT2D eigenvalue weighted by molar-refractivity contribution is -0.385. The van der Waals surface area contributed by atoms with Crippen LogP contribution in [0.4, 0.5) is 16.2 Å². The summed E-state index contributed by atoms with van der Waals surface area (Å²) in [6.07, 6.45) is 1.61. The normalized spacial score (nSPS) is 15.9. The molecule has 1 heterocycles. The van der Waals surface area contributed by atoms with Crippen molar-refractivity contribution in [1.29, 1.82) is 0 Å². The van der Waals surface area contributed by atoms with Gasteiger partial charge in [-0.15, -0.1) is 0 Å². The van der Waals surface area contributed by atoms with Crippen molar-refractivity contribution in [2.24, 2.45) is 0 Å². The van der Waals surface area contributed by atoms with Crippen LogP contribution in [-0.4, -0.2) is 47.2 Å². The Labute approximate surface area is 205 Å². The van der Waals surface area contributed by atoms with E-state index < -0.39 is 16.5 Å². The number of nitrogens with zero attached hydrogens (tertiary/aromatic N) is 2. The highest BCUT2D eigenvalue weighted by Gasteiger charge is 2.28. The summed E-state index contributed by atoms with van der Waals surface area (Å²) in [4.78, 5) is 37.5. The molecule has 0 aliphatic carbocycles. The van der Waals surface area contributed by atoms with Crippen molar-refractivity contribution in [1.82, 2.24) is 4.90 Å². The van der Waals surface area contributed by atoms with Crippen LogP contribution in [0.1, 0.15) is 67.9 Å². The number of nitro benzene ring substituents is 1. The lowest BCUT2D eigenvalue weighted by atomic mass is 9.90. The van der Waals surface area contributed by atoms with Gasteiger partial charge < -0.3 is 19.7 Å². The molecular weight excluding hydrogens is 450 g/mol. The van der Waals surface area contributed by atoms with Crippen LogP contribution in [0, 0.1) is 10.1 Å². The van der Waals surface area contributed by atoms with Crippen LogP contribution in [-0.2, 0) is 16.0 Å². The molecule has 0 unspecified atom stereocenters. The minimum atomic E-state index is -0.710. The molecule has 1 aliphatic heterocycles. The topological polar surface area (TPSA) is 111 Å². The van der Waals surface area contributed by atoms with Crippen molar-refractivity contribution < 1.29 is 24.0 Å². The Morgan fingerprint density at radius 1 is 1.17 bits per heavy atom. The highest BCUT2D eigenvalue weighted by atomic mass is 16.6. The molecular formula is C26H33N3O6. The third-order valence-electron chi connectivity index (χ3n) is 5.74. The van der Waals surface area contributed by atoms with Crippen LogP contribution in [0.25, 0.3) is 0 Å². The van der Waals surface area contributed by atoms with Crippen LogP contribution in [0.5, 0.6) is 0 Å². The molecule has 35 heavy (non-hydrogen) atoms. The number of carbonyl (C=O) groups excluding carboxylic acids is 2. The van der Waals surface area contributed by atoms with E-state index >= 15 is 0 Å². The molecule has 1 amide bonds. The van der Waals surface area contributed by atoms with Crippen molar-refractivity contribution in [3.8, 4) is 0 Å². The standard InChI is InChI=1S/C26H33N3O6/c1-5-34-24(30)22-10-6-8-19(23(22)29(32)33)16-27-21-13-11-18(12-14-21)20-9-7-15-28(17-20)25(31)35-26(2,3)4/h6,8,10-14,20,27H,5,7,9,15-17H2,1-4H3/t20-/m1/s1. The zero-order valence-corrected chi connectivity index (χ0v) is 20.7. The molecule has 1 atom stereocenters. The number of benzene rings is 2. The fraction of sp³-hybridized carbons (Fsp3) is 0.462. The second kappa shape index (κ2) is 11.2. The van der Waals surface area contributed by atoms with Gasteiger partial charge in [0.2, 0.25) is 0 Å². The summed E-state index contributed by atoms with van der Waals surface area (Å²) >= 11 is 0. The van der Waals surface area contributed by atoms with Crippen molar-refractivity contribution in [2.75, 3.05) is 25.0 Å². The summed E-state index contributed by atoms with van der Waals surface area (Å²) in [6.45, 7) is 8.85. The van der Waals surface area contributed by atoms with E-state index in [1.165, 1.54) is 6.07 Å². The molecule has 1 saturated heterocycles. The third kappa shape index (κ3) is 6.94. The van der Waals surface area contributed by atoms with Crippen LogP contribution in [0.15, 0.2) is 42.5 Å². The number of para-hydroxylation sites is 1. The average Bonchev–Trinajstić information content (AvgIpc) is 2.82. The molecule has 1 fully saturated rings. The van der Waals surface area contributed by atoms with Gasteiger partial charge in [-0.1, -0.05) is 24.3 Å². The molecule has 0 spiro atoms. The zero-order chi connectivity index (χ0) is 25.6. The van der Waals surface area contributed by atoms with E-state index in [9.17, 15) is 19.7 Å². The average molecular weight is 484 g/mol. The van der Waals surface area contributed by atoms with Gasteiger partial charge in [-0.2, -0.15) is 0 Å². The van der Waals surface area contributed by atoms with Gasteiger partial charge in [-0.3, -0.25) is 10.1 Å². The summed E-state index contributed by atoms with van der Waals surface area (Å²) in [7, 11) is 0. The van der Waals surface area contributed by atoms with Crippen molar-refractivity contribution in [3.63, 3.8) is 0 Å². The van der Waals surface area contributed by atoms with E-state index in [-0.39, 0.29) is 36.4 Å². The maximum atomic E-state index is 12.5. The first-order chi connectivity index (χ1) is 16.6. The molecule has 1 N–H and O–H groups in total. The molecule has 0 aromatic heterocycles. The fourth-order valence-electron chi connectivity index (χ4n) is 4.14. The number of esters is 1. The summed E-state index contributed by atoms with van der Waals surface area (Å²) in [6, 6.07) is 12.5. The number of likely N-dealkylation sites (tertiary alicyclic amines) is 1. The second-order valence-electron chi connectivity index (χ2n) is 9.53. The second-order valence-corrected chi connectivity index (χ2v) is 9.53. The molecule has 0 radical (unpaired) electrons. The smallest absolute Gasteiger partial charge is 0.410 e. The summed E-state index contributed by atoms with van der Waals surface area (Å²) in [5.74, 6) is -0.494. The molecule has 9 heteroatoms. The van der Waals surface area contributed by atoms with Crippen molar-refractivity contribution in [2.45, 2.75) is 58.6 Å². The van der Waals surface area contributed by atoms with E-state index in [0.717, 1.165) is 24.1 Å². The quantitative estimate of drug-likeness (QED) is 0.314. The Balaban J connectivity index is 1.66. The molecule has 9 nitrogen and oxygen atoms in total.